The van der Waals surface area contributed by atoms with Crippen LogP contribution in [0.5, 0.6) is 5.75 Å². The molecule has 0 bridgehead atoms. The lowest BCUT2D eigenvalue weighted by molar-refractivity contribution is -0.116. The Morgan fingerprint density at radius 2 is 1.97 bits per heavy atom. The predicted molar refractivity (Wildman–Crippen MR) is 118 cm³/mol. The fourth-order valence-electron chi connectivity index (χ4n) is 3.18. The van der Waals surface area contributed by atoms with E-state index in [0.29, 0.717) is 29.2 Å². The van der Waals surface area contributed by atoms with Gasteiger partial charge < -0.3 is 15.7 Å². The number of rotatable bonds is 9. The molecule has 2 aromatic heterocycles. The van der Waals surface area contributed by atoms with Crippen molar-refractivity contribution in [3.8, 4) is 17.0 Å². The first kappa shape index (κ1) is 21.2. The van der Waals surface area contributed by atoms with Gasteiger partial charge in [-0.15, -0.1) is 0 Å². The molecule has 7 nitrogen and oxygen atoms in total. The molecule has 0 spiro atoms. The van der Waals surface area contributed by atoms with Crippen molar-refractivity contribution in [2.24, 2.45) is 0 Å². The molecule has 0 saturated heterocycles. The molecule has 1 unspecified atom stereocenters. The van der Waals surface area contributed by atoms with Crippen LogP contribution in [0.25, 0.3) is 11.3 Å². The molecule has 1 atom stereocenters. The third kappa shape index (κ3) is 5.53. The zero-order chi connectivity index (χ0) is 21.3. The van der Waals surface area contributed by atoms with E-state index in [1.165, 1.54) is 0 Å². The minimum Gasteiger partial charge on any atom is -0.506 e. The molecule has 3 rings (SSSR count). The van der Waals surface area contributed by atoms with Gasteiger partial charge in [0.05, 0.1) is 29.8 Å². The van der Waals surface area contributed by atoms with Crippen molar-refractivity contribution >= 4 is 17.4 Å². The van der Waals surface area contributed by atoms with Crippen LogP contribution in [0.15, 0.2) is 55.1 Å². The van der Waals surface area contributed by atoms with E-state index in [2.05, 4.69) is 32.5 Å². The molecular weight excluding hydrogens is 378 g/mol. The average molecular weight is 406 g/mol. The Morgan fingerprint density at radius 1 is 1.10 bits per heavy atom. The molecule has 30 heavy (non-hydrogen) atoms. The quantitative estimate of drug-likeness (QED) is 0.436. The van der Waals surface area contributed by atoms with Crippen molar-refractivity contribution in [1.29, 1.82) is 0 Å². The van der Waals surface area contributed by atoms with E-state index >= 15 is 0 Å². The van der Waals surface area contributed by atoms with E-state index in [1.807, 2.05) is 25.3 Å². The zero-order valence-electron chi connectivity index (χ0n) is 17.3. The molecule has 0 aliphatic rings. The Kier molecular flexibility index (Phi) is 7.32. The molecule has 0 aliphatic carbocycles. The molecule has 0 radical (unpaired) electrons. The minimum atomic E-state index is -0.121. The van der Waals surface area contributed by atoms with Crippen molar-refractivity contribution < 1.29 is 9.90 Å². The summed E-state index contributed by atoms with van der Waals surface area (Å²) < 4.78 is 0. The minimum absolute atomic E-state index is 0.00339. The van der Waals surface area contributed by atoms with Crippen LogP contribution in [0.4, 0.5) is 11.5 Å². The van der Waals surface area contributed by atoms with Crippen molar-refractivity contribution in [1.82, 2.24) is 15.0 Å². The summed E-state index contributed by atoms with van der Waals surface area (Å²) >= 11 is 0. The topological polar surface area (TPSA) is 100 Å². The maximum Gasteiger partial charge on any atom is 0.224 e. The molecule has 1 aromatic carbocycles. The average Bonchev–Trinajstić information content (AvgIpc) is 2.76. The lowest BCUT2D eigenvalue weighted by Gasteiger charge is -2.19. The summed E-state index contributed by atoms with van der Waals surface area (Å²) in [6, 6.07) is 9.11. The summed E-state index contributed by atoms with van der Waals surface area (Å²) in [7, 11) is 0. The summed E-state index contributed by atoms with van der Waals surface area (Å²) in [6.07, 6.45) is 10.1. The molecule has 3 N–H and O–H groups in total. The number of benzene rings is 1. The molecule has 2 heterocycles. The number of hydrogen-bond acceptors (Lipinski definition) is 6. The molecule has 0 saturated carbocycles. The van der Waals surface area contributed by atoms with Crippen LogP contribution in [0.1, 0.15) is 51.1 Å². The highest BCUT2D eigenvalue weighted by Gasteiger charge is 2.13. The second-order valence-corrected chi connectivity index (χ2v) is 7.09. The summed E-state index contributed by atoms with van der Waals surface area (Å²) in [5.74, 6) is 0.523. The number of anilines is 2. The van der Waals surface area contributed by atoms with E-state index in [1.54, 1.807) is 36.8 Å². The number of nitrogens with one attached hydrogen (secondary N) is 2. The van der Waals surface area contributed by atoms with Crippen LogP contribution < -0.4 is 10.6 Å². The lowest BCUT2D eigenvalue weighted by Crippen LogP contribution is -2.12. The smallest absolute Gasteiger partial charge is 0.224 e. The summed E-state index contributed by atoms with van der Waals surface area (Å²) in [5, 5.41) is 16.5. The SMILES string of the molecule is CCCC(=O)Nc1ccc(-c2cncc(NC(CCC)c3cccnc3)n2)cc1O. The Balaban J connectivity index is 1.79. The fourth-order valence-corrected chi connectivity index (χ4v) is 3.18. The van der Waals surface area contributed by atoms with E-state index in [9.17, 15) is 9.90 Å². The van der Waals surface area contributed by atoms with Gasteiger partial charge in [0.1, 0.15) is 11.6 Å². The highest BCUT2D eigenvalue weighted by molar-refractivity contribution is 5.92. The second-order valence-electron chi connectivity index (χ2n) is 7.09. The highest BCUT2D eigenvalue weighted by atomic mass is 16.3. The van der Waals surface area contributed by atoms with Gasteiger partial charge in [0.25, 0.3) is 0 Å². The Labute approximate surface area is 176 Å². The monoisotopic (exact) mass is 405 g/mol. The number of pyridine rings is 1. The lowest BCUT2D eigenvalue weighted by atomic mass is 10.0. The number of carbonyl (C=O) groups excluding carboxylic acids is 1. The van der Waals surface area contributed by atoms with Gasteiger partial charge in [-0.1, -0.05) is 32.4 Å². The van der Waals surface area contributed by atoms with Gasteiger partial charge in [0.2, 0.25) is 5.91 Å². The van der Waals surface area contributed by atoms with Gasteiger partial charge in [-0.25, -0.2) is 4.98 Å². The van der Waals surface area contributed by atoms with E-state index < -0.39 is 0 Å². The molecule has 1 amide bonds. The van der Waals surface area contributed by atoms with Crippen LogP contribution in [0.2, 0.25) is 0 Å². The standard InChI is InChI=1S/C23H27N5O2/c1-3-6-18(17-8-5-11-24-13-17)26-22-15-25-14-20(27-22)16-9-10-19(21(29)12-16)28-23(30)7-4-2/h5,8-15,18,29H,3-4,6-7H2,1-2H3,(H,26,27)(H,28,30). The van der Waals surface area contributed by atoms with Gasteiger partial charge in [0, 0.05) is 24.4 Å². The van der Waals surface area contributed by atoms with Gasteiger partial charge in [-0.2, -0.15) is 0 Å². The molecule has 156 valence electrons. The van der Waals surface area contributed by atoms with Gasteiger partial charge in [-0.05, 0) is 36.6 Å². The number of hydrogen-bond donors (Lipinski definition) is 3. The number of aromatic hydroxyl groups is 1. The van der Waals surface area contributed by atoms with Gasteiger partial charge >= 0.3 is 0 Å². The van der Waals surface area contributed by atoms with Crippen LogP contribution in [-0.2, 0) is 4.79 Å². The number of nitrogens with zero attached hydrogens (tertiary/aromatic N) is 3. The maximum atomic E-state index is 11.8. The van der Waals surface area contributed by atoms with Gasteiger partial charge in [-0.3, -0.25) is 14.8 Å². The third-order valence-electron chi connectivity index (χ3n) is 4.67. The highest BCUT2D eigenvalue weighted by Crippen LogP contribution is 2.30. The van der Waals surface area contributed by atoms with E-state index in [0.717, 1.165) is 24.8 Å². The van der Waals surface area contributed by atoms with Crippen molar-refractivity contribution in [3.63, 3.8) is 0 Å². The predicted octanol–water partition coefficient (Wildman–Crippen LogP) is 4.94. The van der Waals surface area contributed by atoms with Crippen molar-refractivity contribution in [2.75, 3.05) is 10.6 Å². The first-order chi connectivity index (χ1) is 14.6. The fraction of sp³-hybridized carbons (Fsp3) is 0.304. The zero-order valence-corrected chi connectivity index (χ0v) is 17.3. The van der Waals surface area contributed by atoms with Crippen LogP contribution in [-0.4, -0.2) is 26.0 Å². The Morgan fingerprint density at radius 3 is 2.67 bits per heavy atom. The molecule has 3 aromatic rings. The van der Waals surface area contributed by atoms with Gasteiger partial charge in [0.15, 0.2) is 0 Å². The van der Waals surface area contributed by atoms with Crippen LogP contribution in [0.3, 0.4) is 0 Å². The summed E-state index contributed by atoms with van der Waals surface area (Å²) in [5.41, 5.74) is 2.82. The number of phenolic OH excluding ortho intramolecular Hbond substituents is 1. The van der Waals surface area contributed by atoms with Crippen LogP contribution >= 0.6 is 0 Å². The van der Waals surface area contributed by atoms with E-state index in [-0.39, 0.29) is 17.7 Å². The Bertz CT molecular complexity index is 978. The van der Waals surface area contributed by atoms with Crippen LogP contribution in [0, 0.1) is 0 Å². The number of amides is 1. The largest absolute Gasteiger partial charge is 0.506 e. The summed E-state index contributed by atoms with van der Waals surface area (Å²) in [4.78, 5) is 25.0. The van der Waals surface area contributed by atoms with Crippen molar-refractivity contribution in [2.45, 2.75) is 45.6 Å². The number of aromatic nitrogens is 3. The first-order valence-electron chi connectivity index (χ1n) is 10.2. The van der Waals surface area contributed by atoms with E-state index in [4.69, 9.17) is 0 Å². The number of carbonyl (C=O) groups is 1. The summed E-state index contributed by atoms with van der Waals surface area (Å²) in [6.45, 7) is 4.07. The third-order valence-corrected chi connectivity index (χ3v) is 4.67. The van der Waals surface area contributed by atoms with Crippen molar-refractivity contribution in [3.05, 3.63) is 60.7 Å². The maximum absolute atomic E-state index is 11.8. The number of phenols is 1. The molecule has 0 aliphatic heterocycles. The first-order valence-corrected chi connectivity index (χ1v) is 10.2. The second kappa shape index (κ2) is 10.3. The Hall–Kier alpha value is -3.48. The normalized spacial score (nSPS) is 11.7. The molecule has 7 heteroatoms. The molecular formula is C23H27N5O2. The molecule has 0 fully saturated rings.